The summed E-state index contributed by atoms with van der Waals surface area (Å²) in [4.78, 5) is 8.00. The van der Waals surface area contributed by atoms with E-state index in [1.807, 2.05) is 6.92 Å². The van der Waals surface area contributed by atoms with Gasteiger partial charge < -0.3 is 11.1 Å². The fourth-order valence-corrected chi connectivity index (χ4v) is 2.15. The number of nitrogen functional groups attached to an aromatic ring is 1. The van der Waals surface area contributed by atoms with Crippen molar-refractivity contribution in [1.29, 1.82) is 0 Å². The molecule has 1 heterocycles. The van der Waals surface area contributed by atoms with Gasteiger partial charge in [0.2, 0.25) is 5.95 Å². The summed E-state index contributed by atoms with van der Waals surface area (Å²) in [6, 6.07) is 3.60. The summed E-state index contributed by atoms with van der Waals surface area (Å²) in [6.45, 7) is 1.87. The van der Waals surface area contributed by atoms with Gasteiger partial charge in [0.1, 0.15) is 5.82 Å². The van der Waals surface area contributed by atoms with Crippen LogP contribution < -0.4 is 11.1 Å². The van der Waals surface area contributed by atoms with E-state index in [9.17, 15) is 0 Å². The van der Waals surface area contributed by atoms with Crippen molar-refractivity contribution in [2.45, 2.75) is 6.92 Å². The number of nitrogens with one attached hydrogen (secondary N) is 1. The number of aryl methyl sites for hydroxylation is 1. The van der Waals surface area contributed by atoms with E-state index in [0.29, 0.717) is 21.6 Å². The molecule has 0 aliphatic rings. The molecule has 2 aromatic rings. The normalized spacial score (nSPS) is 10.4. The molecule has 0 saturated carbocycles. The Bertz CT molecular complexity index is 604. The molecule has 0 aliphatic carbocycles. The van der Waals surface area contributed by atoms with Gasteiger partial charge in [-0.1, -0.05) is 23.2 Å². The highest BCUT2D eigenvalue weighted by atomic mass is 79.9. The molecule has 0 aliphatic heterocycles. The highest BCUT2D eigenvalue weighted by Crippen LogP contribution is 2.37. The minimum absolute atomic E-state index is 0.197. The van der Waals surface area contributed by atoms with Crippen LogP contribution in [0.3, 0.4) is 0 Å². The van der Waals surface area contributed by atoms with Crippen molar-refractivity contribution >= 4 is 56.6 Å². The lowest BCUT2D eigenvalue weighted by Gasteiger charge is -2.11. The molecule has 0 radical (unpaired) electrons. The molecule has 1 aromatic heterocycles. The second kappa shape index (κ2) is 5.30. The summed E-state index contributed by atoms with van der Waals surface area (Å²) in [5, 5.41) is 3.95. The van der Waals surface area contributed by atoms with Gasteiger partial charge in [-0.15, -0.1) is 0 Å². The predicted octanol–water partition coefficient (Wildman–Crippen LogP) is 4.18. The van der Waals surface area contributed by atoms with Crippen molar-refractivity contribution < 1.29 is 0 Å². The highest BCUT2D eigenvalue weighted by Gasteiger charge is 2.10. The average Bonchev–Trinajstić information content (AvgIpc) is 2.34. The van der Waals surface area contributed by atoms with Crippen LogP contribution >= 0.6 is 39.1 Å². The van der Waals surface area contributed by atoms with Crippen molar-refractivity contribution in [2.75, 3.05) is 11.1 Å². The van der Waals surface area contributed by atoms with E-state index in [1.165, 1.54) is 0 Å². The molecule has 4 nitrogen and oxygen atoms in total. The van der Waals surface area contributed by atoms with E-state index in [-0.39, 0.29) is 5.95 Å². The molecule has 0 amide bonds. The maximum atomic E-state index is 6.14. The molecule has 7 heteroatoms. The molecular formula is C11H9BrCl2N4. The minimum Gasteiger partial charge on any atom is -0.368 e. The standard InChI is InChI=1S/C11H9BrCl2N4/c1-5-4-16-11(15)18-10(5)17-7-3-2-6(12)8(13)9(7)14/h2-4H,1H3,(H3,15,16,17,18). The number of hydrogen-bond donors (Lipinski definition) is 2. The first-order valence-electron chi connectivity index (χ1n) is 4.98. The molecular weight excluding hydrogens is 339 g/mol. The van der Waals surface area contributed by atoms with Crippen LogP contribution in [0.15, 0.2) is 22.8 Å². The molecule has 0 fully saturated rings. The van der Waals surface area contributed by atoms with Crippen molar-refractivity contribution in [3.63, 3.8) is 0 Å². The summed E-state index contributed by atoms with van der Waals surface area (Å²) in [7, 11) is 0. The Morgan fingerprint density at radius 2 is 2.00 bits per heavy atom. The van der Waals surface area contributed by atoms with E-state index in [2.05, 4.69) is 31.2 Å². The fourth-order valence-electron chi connectivity index (χ4n) is 1.33. The largest absolute Gasteiger partial charge is 0.368 e. The first kappa shape index (κ1) is 13.4. The molecule has 18 heavy (non-hydrogen) atoms. The number of nitrogens with zero attached hydrogens (tertiary/aromatic N) is 2. The first-order chi connectivity index (χ1) is 8.49. The first-order valence-corrected chi connectivity index (χ1v) is 6.53. The van der Waals surface area contributed by atoms with Crippen LogP contribution in [-0.2, 0) is 0 Å². The monoisotopic (exact) mass is 346 g/mol. The predicted molar refractivity (Wildman–Crippen MR) is 78.6 cm³/mol. The lowest BCUT2D eigenvalue weighted by atomic mass is 10.3. The van der Waals surface area contributed by atoms with E-state index in [4.69, 9.17) is 28.9 Å². The van der Waals surface area contributed by atoms with Crippen LogP contribution in [0.4, 0.5) is 17.5 Å². The van der Waals surface area contributed by atoms with Gasteiger partial charge in [-0.05, 0) is 35.0 Å². The van der Waals surface area contributed by atoms with Gasteiger partial charge in [-0.25, -0.2) is 4.98 Å². The molecule has 3 N–H and O–H groups in total. The molecule has 0 unspecified atom stereocenters. The number of rotatable bonds is 2. The van der Waals surface area contributed by atoms with Crippen molar-refractivity contribution in [2.24, 2.45) is 0 Å². The number of halogens is 3. The summed E-state index contributed by atoms with van der Waals surface area (Å²) in [6.07, 6.45) is 1.64. The van der Waals surface area contributed by atoms with Gasteiger partial charge in [0.15, 0.2) is 0 Å². The van der Waals surface area contributed by atoms with Crippen molar-refractivity contribution in [3.05, 3.63) is 38.4 Å². The number of benzene rings is 1. The quantitative estimate of drug-likeness (QED) is 0.800. The molecule has 2 rings (SSSR count). The Morgan fingerprint density at radius 1 is 1.28 bits per heavy atom. The average molecular weight is 348 g/mol. The maximum Gasteiger partial charge on any atom is 0.221 e. The number of hydrogen-bond acceptors (Lipinski definition) is 4. The Balaban J connectivity index is 2.40. The van der Waals surface area contributed by atoms with Crippen LogP contribution in [0.2, 0.25) is 10.0 Å². The van der Waals surface area contributed by atoms with Gasteiger partial charge in [0.05, 0.1) is 15.7 Å². The van der Waals surface area contributed by atoms with Crippen LogP contribution in [0.25, 0.3) is 0 Å². The second-order valence-corrected chi connectivity index (χ2v) is 5.22. The zero-order valence-corrected chi connectivity index (χ0v) is 12.4. The van der Waals surface area contributed by atoms with Crippen molar-refractivity contribution in [3.8, 4) is 0 Å². The molecule has 0 atom stereocenters. The summed E-state index contributed by atoms with van der Waals surface area (Å²) in [5.41, 5.74) is 7.06. The highest BCUT2D eigenvalue weighted by molar-refractivity contribution is 9.10. The van der Waals surface area contributed by atoms with Gasteiger partial charge >= 0.3 is 0 Å². The molecule has 0 spiro atoms. The summed E-state index contributed by atoms with van der Waals surface area (Å²) < 4.78 is 0.735. The lowest BCUT2D eigenvalue weighted by Crippen LogP contribution is -2.02. The van der Waals surface area contributed by atoms with E-state index in [0.717, 1.165) is 10.0 Å². The molecule has 0 saturated heterocycles. The molecule has 94 valence electrons. The van der Waals surface area contributed by atoms with Crippen LogP contribution in [0, 0.1) is 6.92 Å². The van der Waals surface area contributed by atoms with Gasteiger partial charge in [0.25, 0.3) is 0 Å². The third kappa shape index (κ3) is 2.68. The number of nitrogens with two attached hydrogens (primary N) is 1. The minimum atomic E-state index is 0.197. The maximum absolute atomic E-state index is 6.14. The number of anilines is 3. The van der Waals surface area contributed by atoms with Crippen molar-refractivity contribution in [1.82, 2.24) is 9.97 Å². The summed E-state index contributed by atoms with van der Waals surface area (Å²) >= 11 is 15.5. The van der Waals surface area contributed by atoms with Gasteiger partial charge in [-0.3, -0.25) is 0 Å². The summed E-state index contributed by atoms with van der Waals surface area (Å²) in [5.74, 6) is 0.797. The van der Waals surface area contributed by atoms with Crippen LogP contribution in [-0.4, -0.2) is 9.97 Å². The molecule has 1 aromatic carbocycles. The van der Waals surface area contributed by atoms with Crippen LogP contribution in [0.5, 0.6) is 0 Å². The van der Waals surface area contributed by atoms with E-state index in [1.54, 1.807) is 18.3 Å². The third-order valence-corrected chi connectivity index (χ3v) is 4.05. The molecule has 0 bridgehead atoms. The zero-order valence-electron chi connectivity index (χ0n) is 9.34. The second-order valence-electron chi connectivity index (χ2n) is 3.61. The SMILES string of the molecule is Cc1cnc(N)nc1Nc1ccc(Br)c(Cl)c1Cl. The van der Waals surface area contributed by atoms with Crippen LogP contribution in [0.1, 0.15) is 5.56 Å². The Kier molecular flexibility index (Phi) is 3.94. The lowest BCUT2D eigenvalue weighted by molar-refractivity contribution is 1.15. The number of aromatic nitrogens is 2. The fraction of sp³-hybridized carbons (Fsp3) is 0.0909. The van der Waals surface area contributed by atoms with E-state index < -0.39 is 0 Å². The van der Waals surface area contributed by atoms with Gasteiger partial charge in [0, 0.05) is 16.2 Å². The zero-order chi connectivity index (χ0) is 13.3. The Morgan fingerprint density at radius 3 is 2.72 bits per heavy atom. The third-order valence-electron chi connectivity index (χ3n) is 2.28. The smallest absolute Gasteiger partial charge is 0.221 e. The van der Waals surface area contributed by atoms with E-state index >= 15 is 0 Å². The topological polar surface area (TPSA) is 63.8 Å². The Labute approximate surface area is 123 Å². The van der Waals surface area contributed by atoms with Gasteiger partial charge in [-0.2, -0.15) is 4.98 Å². The Hall–Kier alpha value is -1.04.